The molecule has 96 valence electrons. The average Bonchev–Trinajstić information content (AvgIpc) is 2.34. The van der Waals surface area contributed by atoms with Crippen molar-refractivity contribution in [1.29, 1.82) is 0 Å². The Labute approximate surface area is 106 Å². The van der Waals surface area contributed by atoms with Crippen LogP contribution in [0.25, 0.3) is 0 Å². The molecule has 1 fully saturated rings. The fourth-order valence-electron chi connectivity index (χ4n) is 2.80. The molecular formula is C14H29NS. The van der Waals surface area contributed by atoms with Crippen LogP contribution in [0.5, 0.6) is 0 Å². The van der Waals surface area contributed by atoms with Crippen LogP contribution in [0.15, 0.2) is 0 Å². The maximum Gasteiger partial charge on any atom is 0.0276 e. The molecule has 0 aromatic heterocycles. The van der Waals surface area contributed by atoms with Crippen LogP contribution < -0.4 is 5.32 Å². The van der Waals surface area contributed by atoms with Crippen LogP contribution in [0.2, 0.25) is 0 Å². The van der Waals surface area contributed by atoms with Crippen molar-refractivity contribution in [2.75, 3.05) is 12.8 Å². The molecule has 2 heteroatoms. The first-order valence-corrected chi connectivity index (χ1v) is 8.18. The van der Waals surface area contributed by atoms with Gasteiger partial charge in [-0.2, -0.15) is 11.8 Å². The molecule has 0 amide bonds. The molecule has 1 N–H and O–H groups in total. The van der Waals surface area contributed by atoms with E-state index in [-0.39, 0.29) is 0 Å². The number of hydrogen-bond acceptors (Lipinski definition) is 2. The van der Waals surface area contributed by atoms with Gasteiger partial charge in [-0.25, -0.2) is 0 Å². The smallest absolute Gasteiger partial charge is 0.0276 e. The largest absolute Gasteiger partial charge is 0.312 e. The third kappa shape index (κ3) is 3.66. The minimum Gasteiger partial charge on any atom is -0.312 e. The van der Waals surface area contributed by atoms with Gasteiger partial charge >= 0.3 is 0 Å². The van der Waals surface area contributed by atoms with Crippen LogP contribution in [-0.2, 0) is 0 Å². The zero-order valence-electron chi connectivity index (χ0n) is 11.5. The highest BCUT2D eigenvalue weighted by molar-refractivity contribution is 8.00. The van der Waals surface area contributed by atoms with Crippen molar-refractivity contribution in [2.24, 2.45) is 5.92 Å². The van der Waals surface area contributed by atoms with Gasteiger partial charge in [-0.05, 0) is 37.9 Å². The van der Waals surface area contributed by atoms with Gasteiger partial charge in [0.15, 0.2) is 0 Å². The highest BCUT2D eigenvalue weighted by atomic mass is 32.2. The Morgan fingerprint density at radius 1 is 1.19 bits per heavy atom. The predicted octanol–water partition coefficient (Wildman–Crippen LogP) is 4.08. The van der Waals surface area contributed by atoms with E-state index in [0.29, 0.717) is 4.75 Å². The molecule has 2 atom stereocenters. The van der Waals surface area contributed by atoms with Gasteiger partial charge in [0.25, 0.3) is 0 Å². The fourth-order valence-corrected chi connectivity index (χ4v) is 3.60. The summed E-state index contributed by atoms with van der Waals surface area (Å²) in [4.78, 5) is 0. The molecule has 1 saturated carbocycles. The molecule has 16 heavy (non-hydrogen) atoms. The minimum absolute atomic E-state index is 0.469. The van der Waals surface area contributed by atoms with Crippen molar-refractivity contribution in [3.8, 4) is 0 Å². The summed E-state index contributed by atoms with van der Waals surface area (Å²) in [6, 6.07) is 0.776. The normalized spacial score (nSPS) is 27.0. The molecule has 0 bridgehead atoms. The van der Waals surface area contributed by atoms with Gasteiger partial charge in [-0.1, -0.05) is 33.6 Å². The van der Waals surface area contributed by atoms with Crippen LogP contribution in [0.4, 0.5) is 0 Å². The molecule has 0 heterocycles. The number of rotatable bonds is 6. The van der Waals surface area contributed by atoms with Gasteiger partial charge in [0, 0.05) is 17.3 Å². The van der Waals surface area contributed by atoms with E-state index in [9.17, 15) is 0 Å². The Balaban J connectivity index is 2.41. The molecule has 0 spiro atoms. The van der Waals surface area contributed by atoms with E-state index in [1.54, 1.807) is 0 Å². The van der Waals surface area contributed by atoms with E-state index in [1.807, 2.05) is 11.8 Å². The molecular weight excluding hydrogens is 214 g/mol. The first kappa shape index (κ1) is 14.4. The molecule has 1 aliphatic rings. The highest BCUT2D eigenvalue weighted by Crippen LogP contribution is 2.31. The van der Waals surface area contributed by atoms with Crippen molar-refractivity contribution in [1.82, 2.24) is 5.32 Å². The summed E-state index contributed by atoms with van der Waals surface area (Å²) >= 11 is 2.04. The van der Waals surface area contributed by atoms with Crippen molar-refractivity contribution in [3.63, 3.8) is 0 Å². The first-order valence-electron chi connectivity index (χ1n) is 6.96. The molecule has 1 rings (SSSR count). The Kier molecular flexibility index (Phi) is 6.20. The van der Waals surface area contributed by atoms with E-state index in [0.717, 1.165) is 12.0 Å². The molecule has 2 unspecified atom stereocenters. The Morgan fingerprint density at radius 3 is 2.31 bits per heavy atom. The maximum absolute atomic E-state index is 3.84. The third-order valence-electron chi connectivity index (χ3n) is 4.52. The monoisotopic (exact) mass is 243 g/mol. The second-order valence-corrected chi connectivity index (χ2v) is 6.62. The lowest BCUT2D eigenvalue weighted by Gasteiger charge is -2.36. The molecule has 0 aromatic carbocycles. The van der Waals surface area contributed by atoms with E-state index in [4.69, 9.17) is 0 Å². The summed E-state index contributed by atoms with van der Waals surface area (Å²) in [6.07, 6.45) is 10.5. The molecule has 1 aliphatic carbocycles. The maximum atomic E-state index is 3.84. The number of thioether (sulfide) groups is 1. The van der Waals surface area contributed by atoms with E-state index >= 15 is 0 Å². The molecule has 1 nitrogen and oxygen atoms in total. The van der Waals surface area contributed by atoms with E-state index < -0.39 is 0 Å². The summed E-state index contributed by atoms with van der Waals surface area (Å²) in [7, 11) is 0. The van der Waals surface area contributed by atoms with Crippen molar-refractivity contribution in [2.45, 2.75) is 70.1 Å². The lowest BCUT2D eigenvalue weighted by Crippen LogP contribution is -2.45. The van der Waals surface area contributed by atoms with Gasteiger partial charge in [-0.15, -0.1) is 0 Å². The van der Waals surface area contributed by atoms with Gasteiger partial charge < -0.3 is 5.32 Å². The molecule has 0 aromatic rings. The third-order valence-corrected chi connectivity index (χ3v) is 6.11. The second kappa shape index (κ2) is 6.90. The standard InChI is InChI=1S/C14H29NS/c1-5-14(6-2,16-4)11-15-13-10-8-7-9-12(13)3/h12-13,15H,5-11H2,1-4H3. The fraction of sp³-hybridized carbons (Fsp3) is 1.00. The van der Waals surface area contributed by atoms with Crippen molar-refractivity contribution >= 4 is 11.8 Å². The van der Waals surface area contributed by atoms with Crippen molar-refractivity contribution in [3.05, 3.63) is 0 Å². The number of hydrogen-bond donors (Lipinski definition) is 1. The Morgan fingerprint density at radius 2 is 1.81 bits per heavy atom. The average molecular weight is 243 g/mol. The van der Waals surface area contributed by atoms with Gasteiger partial charge in [0.2, 0.25) is 0 Å². The summed E-state index contributed by atoms with van der Waals surface area (Å²) in [6.45, 7) is 8.25. The molecule has 0 saturated heterocycles. The molecule has 0 radical (unpaired) electrons. The molecule has 0 aliphatic heterocycles. The zero-order valence-corrected chi connectivity index (χ0v) is 12.3. The Bertz CT molecular complexity index is 181. The van der Waals surface area contributed by atoms with E-state index in [1.165, 1.54) is 45.1 Å². The highest BCUT2D eigenvalue weighted by Gasteiger charge is 2.28. The number of nitrogens with one attached hydrogen (secondary N) is 1. The predicted molar refractivity (Wildman–Crippen MR) is 76.3 cm³/mol. The van der Waals surface area contributed by atoms with Crippen LogP contribution in [0.3, 0.4) is 0 Å². The Hall–Kier alpha value is 0.310. The quantitative estimate of drug-likeness (QED) is 0.754. The lowest BCUT2D eigenvalue weighted by molar-refractivity contribution is 0.271. The lowest BCUT2D eigenvalue weighted by atomic mass is 9.85. The van der Waals surface area contributed by atoms with Crippen LogP contribution in [0.1, 0.15) is 59.3 Å². The zero-order chi connectivity index (χ0) is 12.0. The van der Waals surface area contributed by atoms with Crippen LogP contribution >= 0.6 is 11.8 Å². The van der Waals surface area contributed by atoms with E-state index in [2.05, 4.69) is 32.3 Å². The van der Waals surface area contributed by atoms with Gasteiger partial charge in [-0.3, -0.25) is 0 Å². The van der Waals surface area contributed by atoms with Gasteiger partial charge in [0.1, 0.15) is 0 Å². The summed E-state index contributed by atoms with van der Waals surface area (Å²) in [5, 5.41) is 3.84. The second-order valence-electron chi connectivity index (χ2n) is 5.34. The van der Waals surface area contributed by atoms with Crippen molar-refractivity contribution < 1.29 is 0 Å². The summed E-state index contributed by atoms with van der Waals surface area (Å²) in [5.41, 5.74) is 0. The minimum atomic E-state index is 0.469. The SMILES string of the molecule is CCC(CC)(CNC1CCCCC1C)SC. The van der Waals surface area contributed by atoms with Gasteiger partial charge in [0.05, 0.1) is 0 Å². The van der Waals surface area contributed by atoms with Crippen LogP contribution in [0, 0.1) is 5.92 Å². The van der Waals surface area contributed by atoms with Crippen LogP contribution in [-0.4, -0.2) is 23.6 Å². The first-order chi connectivity index (χ1) is 7.67. The summed E-state index contributed by atoms with van der Waals surface area (Å²) in [5.74, 6) is 0.877. The summed E-state index contributed by atoms with van der Waals surface area (Å²) < 4.78 is 0.469. The topological polar surface area (TPSA) is 12.0 Å².